The van der Waals surface area contributed by atoms with Gasteiger partial charge in [0, 0.05) is 31.0 Å². The van der Waals surface area contributed by atoms with Crippen molar-refractivity contribution < 1.29 is 0 Å². The number of nitrogens with zero attached hydrogens (tertiary/aromatic N) is 2. The van der Waals surface area contributed by atoms with E-state index < -0.39 is 0 Å². The van der Waals surface area contributed by atoms with E-state index in [2.05, 4.69) is 53.5 Å². The summed E-state index contributed by atoms with van der Waals surface area (Å²) in [7, 11) is 0. The molecule has 2 aromatic rings. The van der Waals surface area contributed by atoms with E-state index in [-0.39, 0.29) is 0 Å². The van der Waals surface area contributed by atoms with Crippen LogP contribution in [0.25, 0.3) is 11.1 Å². The van der Waals surface area contributed by atoms with Crippen LogP contribution in [0.1, 0.15) is 16.7 Å². The Hall–Kier alpha value is -1.94. The summed E-state index contributed by atoms with van der Waals surface area (Å²) in [6, 6.07) is 4.87. The normalized spacial score (nSPS) is 14.9. The molecule has 0 aliphatic carbocycles. The average Bonchev–Trinajstić information content (AvgIpc) is 2.34. The number of benzene rings is 1. The van der Waals surface area contributed by atoms with E-state index in [1.807, 2.05) is 12.4 Å². The Labute approximate surface area is 119 Å². The van der Waals surface area contributed by atoms with Crippen molar-refractivity contribution in [3.63, 3.8) is 0 Å². The van der Waals surface area contributed by atoms with Gasteiger partial charge in [0.15, 0.2) is 0 Å². The summed E-state index contributed by atoms with van der Waals surface area (Å²) >= 11 is 0. The van der Waals surface area contributed by atoms with Gasteiger partial charge in [-0.05, 0) is 37.5 Å². The minimum absolute atomic E-state index is 0.462. The summed E-state index contributed by atoms with van der Waals surface area (Å²) in [6.07, 6.45) is 3.82. The van der Waals surface area contributed by atoms with Crippen LogP contribution in [0.2, 0.25) is 0 Å². The molecule has 0 spiro atoms. The SMILES string of the molecule is Cc1cc(C)c(-c2cnc(NC3CNC3)nc2)c(C)c1. The second-order valence-electron chi connectivity index (χ2n) is 5.57. The lowest BCUT2D eigenvalue weighted by Crippen LogP contribution is -2.51. The monoisotopic (exact) mass is 268 g/mol. The number of anilines is 1. The minimum atomic E-state index is 0.462. The molecule has 4 heteroatoms. The maximum atomic E-state index is 4.43. The molecule has 0 bridgehead atoms. The van der Waals surface area contributed by atoms with E-state index in [1.165, 1.54) is 22.3 Å². The molecule has 1 aliphatic rings. The zero-order valence-electron chi connectivity index (χ0n) is 12.2. The number of nitrogens with one attached hydrogen (secondary N) is 2. The number of hydrogen-bond acceptors (Lipinski definition) is 4. The zero-order chi connectivity index (χ0) is 14.1. The predicted octanol–water partition coefficient (Wildman–Crippen LogP) is 2.45. The Morgan fingerprint density at radius 1 is 1.05 bits per heavy atom. The molecule has 2 heterocycles. The van der Waals surface area contributed by atoms with Crippen LogP contribution >= 0.6 is 0 Å². The van der Waals surface area contributed by atoms with E-state index >= 15 is 0 Å². The first kappa shape index (κ1) is 13.1. The summed E-state index contributed by atoms with van der Waals surface area (Å²) in [5.74, 6) is 0.711. The van der Waals surface area contributed by atoms with Gasteiger partial charge in [-0.15, -0.1) is 0 Å². The number of aryl methyl sites for hydroxylation is 3. The lowest BCUT2D eigenvalue weighted by Gasteiger charge is -2.27. The molecule has 0 radical (unpaired) electrons. The smallest absolute Gasteiger partial charge is 0.222 e. The third kappa shape index (κ3) is 2.51. The van der Waals surface area contributed by atoms with E-state index in [4.69, 9.17) is 0 Å². The second-order valence-corrected chi connectivity index (χ2v) is 5.57. The van der Waals surface area contributed by atoms with E-state index in [0.29, 0.717) is 12.0 Å². The Balaban J connectivity index is 1.87. The van der Waals surface area contributed by atoms with Crippen LogP contribution in [0.3, 0.4) is 0 Å². The minimum Gasteiger partial charge on any atom is -0.349 e. The number of rotatable bonds is 3. The topological polar surface area (TPSA) is 49.8 Å². The highest BCUT2D eigenvalue weighted by Crippen LogP contribution is 2.27. The molecule has 0 saturated carbocycles. The lowest BCUT2D eigenvalue weighted by atomic mass is 9.96. The Morgan fingerprint density at radius 2 is 1.65 bits per heavy atom. The van der Waals surface area contributed by atoms with Crippen molar-refractivity contribution in [2.45, 2.75) is 26.8 Å². The van der Waals surface area contributed by atoms with Crippen LogP contribution in [0.5, 0.6) is 0 Å². The number of hydrogen-bond donors (Lipinski definition) is 2. The fraction of sp³-hybridized carbons (Fsp3) is 0.375. The van der Waals surface area contributed by atoms with E-state index in [1.54, 1.807) is 0 Å². The van der Waals surface area contributed by atoms with Crippen molar-refractivity contribution in [3.05, 3.63) is 41.2 Å². The molecule has 3 rings (SSSR count). The van der Waals surface area contributed by atoms with Gasteiger partial charge in [-0.25, -0.2) is 9.97 Å². The summed E-state index contributed by atoms with van der Waals surface area (Å²) < 4.78 is 0. The largest absolute Gasteiger partial charge is 0.349 e. The molecular weight excluding hydrogens is 248 g/mol. The van der Waals surface area contributed by atoms with Gasteiger partial charge in [0.05, 0.1) is 6.04 Å². The molecule has 0 atom stereocenters. The van der Waals surface area contributed by atoms with Crippen LogP contribution in [0.4, 0.5) is 5.95 Å². The van der Waals surface area contributed by atoms with Gasteiger partial charge in [0.1, 0.15) is 0 Å². The first-order chi connectivity index (χ1) is 9.63. The Morgan fingerprint density at radius 3 is 2.15 bits per heavy atom. The molecule has 1 aromatic heterocycles. The third-order valence-electron chi connectivity index (χ3n) is 3.73. The van der Waals surface area contributed by atoms with Crippen molar-refractivity contribution in [2.24, 2.45) is 0 Å². The van der Waals surface area contributed by atoms with Crippen LogP contribution in [-0.4, -0.2) is 29.1 Å². The Kier molecular flexibility index (Phi) is 3.40. The van der Waals surface area contributed by atoms with Gasteiger partial charge in [-0.2, -0.15) is 0 Å². The highest BCUT2D eigenvalue weighted by atomic mass is 15.2. The molecule has 1 saturated heterocycles. The molecule has 1 fully saturated rings. The van der Waals surface area contributed by atoms with Crippen molar-refractivity contribution in [3.8, 4) is 11.1 Å². The van der Waals surface area contributed by atoms with Crippen LogP contribution < -0.4 is 10.6 Å². The zero-order valence-corrected chi connectivity index (χ0v) is 12.2. The van der Waals surface area contributed by atoms with Crippen molar-refractivity contribution in [2.75, 3.05) is 18.4 Å². The molecule has 4 nitrogen and oxygen atoms in total. The van der Waals surface area contributed by atoms with Gasteiger partial charge >= 0.3 is 0 Å². The standard InChI is InChI=1S/C16H20N4/c1-10-4-11(2)15(12(3)5-10)13-6-18-16(19-7-13)20-14-8-17-9-14/h4-7,14,17H,8-9H2,1-3H3,(H,18,19,20). The summed E-state index contributed by atoms with van der Waals surface area (Å²) in [6.45, 7) is 8.38. The summed E-state index contributed by atoms with van der Waals surface area (Å²) in [5.41, 5.74) is 6.16. The molecule has 20 heavy (non-hydrogen) atoms. The quantitative estimate of drug-likeness (QED) is 0.898. The maximum absolute atomic E-state index is 4.43. The molecular formula is C16H20N4. The fourth-order valence-electron chi connectivity index (χ4n) is 2.74. The lowest BCUT2D eigenvalue weighted by molar-refractivity contribution is 0.470. The average molecular weight is 268 g/mol. The van der Waals surface area contributed by atoms with Gasteiger partial charge in [-0.3, -0.25) is 0 Å². The van der Waals surface area contributed by atoms with Crippen LogP contribution in [0, 0.1) is 20.8 Å². The van der Waals surface area contributed by atoms with Gasteiger partial charge in [-0.1, -0.05) is 17.7 Å². The first-order valence-electron chi connectivity index (χ1n) is 7.01. The van der Waals surface area contributed by atoms with E-state index in [9.17, 15) is 0 Å². The van der Waals surface area contributed by atoms with Crippen molar-refractivity contribution >= 4 is 5.95 Å². The molecule has 2 N–H and O–H groups in total. The third-order valence-corrected chi connectivity index (χ3v) is 3.73. The fourth-order valence-corrected chi connectivity index (χ4v) is 2.74. The second kappa shape index (κ2) is 5.21. The van der Waals surface area contributed by atoms with Gasteiger partial charge in [0.2, 0.25) is 5.95 Å². The maximum Gasteiger partial charge on any atom is 0.222 e. The summed E-state index contributed by atoms with van der Waals surface area (Å²) in [5, 5.41) is 6.53. The molecule has 104 valence electrons. The predicted molar refractivity (Wildman–Crippen MR) is 82.0 cm³/mol. The molecule has 0 unspecified atom stereocenters. The summed E-state index contributed by atoms with van der Waals surface area (Å²) in [4.78, 5) is 8.86. The van der Waals surface area contributed by atoms with Gasteiger partial charge in [0.25, 0.3) is 0 Å². The molecule has 0 amide bonds. The van der Waals surface area contributed by atoms with Crippen LogP contribution in [-0.2, 0) is 0 Å². The van der Waals surface area contributed by atoms with Gasteiger partial charge < -0.3 is 10.6 Å². The van der Waals surface area contributed by atoms with E-state index in [0.717, 1.165) is 18.7 Å². The highest BCUT2D eigenvalue weighted by molar-refractivity contribution is 5.70. The molecule has 1 aromatic carbocycles. The van der Waals surface area contributed by atoms with Crippen molar-refractivity contribution in [1.29, 1.82) is 0 Å². The number of aromatic nitrogens is 2. The Bertz CT molecular complexity index is 592. The molecule has 1 aliphatic heterocycles. The highest BCUT2D eigenvalue weighted by Gasteiger charge is 2.17. The van der Waals surface area contributed by atoms with Crippen LogP contribution in [0.15, 0.2) is 24.5 Å². The first-order valence-corrected chi connectivity index (χ1v) is 7.01. The van der Waals surface area contributed by atoms with Crippen molar-refractivity contribution in [1.82, 2.24) is 15.3 Å².